The summed E-state index contributed by atoms with van der Waals surface area (Å²) in [6, 6.07) is 12.6. The maximum Gasteiger partial charge on any atom is 0.265 e. The number of methoxy groups -OCH3 is 1. The van der Waals surface area contributed by atoms with E-state index in [-0.39, 0.29) is 30.2 Å². The Morgan fingerprint density at radius 3 is 2.85 bits per heavy atom. The molecule has 0 radical (unpaired) electrons. The molecule has 1 aromatic heterocycles. The highest BCUT2D eigenvalue weighted by Gasteiger charge is 2.32. The number of ether oxygens (including phenoxy) is 2. The Bertz CT molecular complexity index is 1200. The predicted octanol–water partition coefficient (Wildman–Crippen LogP) is 3.35. The number of carbonyl (C=O) groups excluding carboxylic acids is 2. The van der Waals surface area contributed by atoms with Crippen molar-refractivity contribution in [1.82, 2.24) is 14.8 Å². The number of hydrogen-bond acceptors (Lipinski definition) is 7. The van der Waals surface area contributed by atoms with E-state index >= 15 is 0 Å². The van der Waals surface area contributed by atoms with Crippen LogP contribution in [0, 0.1) is 6.92 Å². The van der Waals surface area contributed by atoms with Gasteiger partial charge in [-0.1, -0.05) is 30.0 Å². The highest BCUT2D eigenvalue weighted by atomic mass is 32.2. The van der Waals surface area contributed by atoms with Crippen LogP contribution in [0.1, 0.15) is 24.4 Å². The van der Waals surface area contributed by atoms with Gasteiger partial charge >= 0.3 is 0 Å². The second-order valence-corrected chi connectivity index (χ2v) is 8.58. The number of para-hydroxylation sites is 2. The Morgan fingerprint density at radius 1 is 1.27 bits per heavy atom. The van der Waals surface area contributed by atoms with Crippen LogP contribution in [-0.2, 0) is 16.6 Å². The van der Waals surface area contributed by atoms with Crippen LogP contribution in [0.5, 0.6) is 11.5 Å². The van der Waals surface area contributed by atoms with Gasteiger partial charge in [-0.05, 0) is 43.7 Å². The van der Waals surface area contributed by atoms with E-state index < -0.39 is 0 Å². The van der Waals surface area contributed by atoms with Gasteiger partial charge in [0.1, 0.15) is 11.5 Å². The van der Waals surface area contributed by atoms with E-state index in [2.05, 4.69) is 15.5 Å². The molecule has 2 aromatic carbocycles. The number of anilines is 2. The van der Waals surface area contributed by atoms with Crippen LogP contribution in [0.3, 0.4) is 0 Å². The van der Waals surface area contributed by atoms with Crippen LogP contribution in [0.15, 0.2) is 47.6 Å². The lowest BCUT2D eigenvalue weighted by Crippen LogP contribution is -2.41. The summed E-state index contributed by atoms with van der Waals surface area (Å²) in [7, 11) is 3.39. The zero-order valence-electron chi connectivity index (χ0n) is 18.9. The molecular weight excluding hydrogens is 442 g/mol. The number of aryl methyl sites for hydroxylation is 1. The van der Waals surface area contributed by atoms with Crippen LogP contribution >= 0.6 is 11.8 Å². The second kappa shape index (κ2) is 9.53. The first-order valence-electron chi connectivity index (χ1n) is 10.4. The first-order valence-corrected chi connectivity index (χ1v) is 11.4. The molecule has 2 heterocycles. The molecule has 0 spiro atoms. The van der Waals surface area contributed by atoms with Crippen molar-refractivity contribution < 1.29 is 19.1 Å². The number of rotatable bonds is 7. The molecule has 10 heteroatoms. The van der Waals surface area contributed by atoms with Crippen molar-refractivity contribution in [3.63, 3.8) is 0 Å². The molecule has 1 N–H and O–H groups in total. The molecule has 0 bridgehead atoms. The maximum absolute atomic E-state index is 12.6. The molecule has 33 heavy (non-hydrogen) atoms. The molecule has 0 saturated heterocycles. The molecule has 0 aliphatic carbocycles. The first kappa shape index (κ1) is 22.7. The number of aromatic nitrogens is 3. The van der Waals surface area contributed by atoms with E-state index in [1.54, 1.807) is 16.6 Å². The molecule has 4 rings (SSSR count). The summed E-state index contributed by atoms with van der Waals surface area (Å²) in [4.78, 5) is 26.8. The smallest absolute Gasteiger partial charge is 0.265 e. The SMILES string of the molecule is COc1ccc(C)cc1NC(=O)CSc1nnc(C(C)N2C(=O)COc3ccccc32)n1C. The summed E-state index contributed by atoms with van der Waals surface area (Å²) in [5.74, 6) is 1.69. The van der Waals surface area contributed by atoms with Gasteiger partial charge in [0.25, 0.3) is 5.91 Å². The van der Waals surface area contributed by atoms with E-state index in [4.69, 9.17) is 9.47 Å². The fraction of sp³-hybridized carbons (Fsp3) is 0.304. The zero-order chi connectivity index (χ0) is 23.5. The lowest BCUT2D eigenvalue weighted by Gasteiger charge is -2.33. The number of nitrogens with one attached hydrogen (secondary N) is 1. The van der Waals surface area contributed by atoms with E-state index in [1.807, 2.05) is 63.4 Å². The molecule has 1 aliphatic rings. The molecule has 3 aromatic rings. The van der Waals surface area contributed by atoms with Crippen LogP contribution in [-0.4, -0.2) is 46.0 Å². The molecular formula is C23H25N5O4S. The molecule has 9 nitrogen and oxygen atoms in total. The first-order chi connectivity index (χ1) is 15.9. The molecule has 0 fully saturated rings. The van der Waals surface area contributed by atoms with Gasteiger partial charge in [0.15, 0.2) is 17.6 Å². The lowest BCUT2D eigenvalue weighted by molar-refractivity contribution is -0.121. The third kappa shape index (κ3) is 4.65. The van der Waals surface area contributed by atoms with Crippen molar-refractivity contribution in [2.24, 2.45) is 7.05 Å². The number of fused-ring (bicyclic) bond motifs is 1. The topological polar surface area (TPSA) is 98.6 Å². The van der Waals surface area contributed by atoms with Gasteiger partial charge in [-0.15, -0.1) is 10.2 Å². The van der Waals surface area contributed by atoms with Gasteiger partial charge in [-0.3, -0.25) is 14.5 Å². The quantitative estimate of drug-likeness (QED) is 0.532. The number of hydrogen-bond donors (Lipinski definition) is 1. The van der Waals surface area contributed by atoms with Gasteiger partial charge in [0.05, 0.1) is 30.3 Å². The summed E-state index contributed by atoms with van der Waals surface area (Å²) >= 11 is 1.27. The third-order valence-electron chi connectivity index (χ3n) is 5.34. The summed E-state index contributed by atoms with van der Waals surface area (Å²) in [5.41, 5.74) is 2.34. The Hall–Kier alpha value is -3.53. The van der Waals surface area contributed by atoms with Gasteiger partial charge in [0.2, 0.25) is 5.91 Å². The van der Waals surface area contributed by atoms with Crippen LogP contribution < -0.4 is 19.7 Å². The molecule has 1 unspecified atom stereocenters. The maximum atomic E-state index is 12.6. The zero-order valence-corrected chi connectivity index (χ0v) is 19.7. The Morgan fingerprint density at radius 2 is 2.06 bits per heavy atom. The summed E-state index contributed by atoms with van der Waals surface area (Å²) in [5, 5.41) is 12.0. The number of amides is 2. The minimum Gasteiger partial charge on any atom is -0.495 e. The molecule has 1 aliphatic heterocycles. The normalized spacial score (nSPS) is 13.8. The lowest BCUT2D eigenvalue weighted by atomic mass is 10.1. The van der Waals surface area contributed by atoms with Crippen molar-refractivity contribution in [3.8, 4) is 11.5 Å². The average Bonchev–Trinajstić information content (AvgIpc) is 3.17. The minimum absolute atomic E-state index is 0.0244. The van der Waals surface area contributed by atoms with Crippen LogP contribution in [0.4, 0.5) is 11.4 Å². The molecule has 172 valence electrons. The number of benzene rings is 2. The van der Waals surface area contributed by atoms with E-state index in [0.29, 0.717) is 33.9 Å². The fourth-order valence-corrected chi connectivity index (χ4v) is 4.43. The monoisotopic (exact) mass is 467 g/mol. The second-order valence-electron chi connectivity index (χ2n) is 7.64. The van der Waals surface area contributed by atoms with Crippen molar-refractivity contribution in [2.45, 2.75) is 25.0 Å². The number of carbonyl (C=O) groups is 2. The van der Waals surface area contributed by atoms with Gasteiger partial charge in [-0.25, -0.2) is 0 Å². The summed E-state index contributed by atoms with van der Waals surface area (Å²) in [6.45, 7) is 3.82. The average molecular weight is 468 g/mol. The van der Waals surface area contributed by atoms with Crippen LogP contribution in [0.2, 0.25) is 0 Å². The van der Waals surface area contributed by atoms with E-state index in [0.717, 1.165) is 5.56 Å². The summed E-state index contributed by atoms with van der Waals surface area (Å²) < 4.78 is 12.7. The molecule has 1 atom stereocenters. The third-order valence-corrected chi connectivity index (χ3v) is 6.36. The predicted molar refractivity (Wildman–Crippen MR) is 126 cm³/mol. The molecule has 2 amide bonds. The number of thioether (sulfide) groups is 1. The van der Waals surface area contributed by atoms with Gasteiger partial charge in [-0.2, -0.15) is 0 Å². The van der Waals surface area contributed by atoms with Gasteiger partial charge < -0.3 is 19.4 Å². The summed E-state index contributed by atoms with van der Waals surface area (Å²) in [6.07, 6.45) is 0. The Kier molecular flexibility index (Phi) is 6.55. The van der Waals surface area contributed by atoms with E-state index in [1.165, 1.54) is 11.8 Å². The number of nitrogens with zero attached hydrogens (tertiary/aromatic N) is 4. The van der Waals surface area contributed by atoms with Crippen LogP contribution in [0.25, 0.3) is 0 Å². The van der Waals surface area contributed by atoms with Crippen molar-refractivity contribution >= 4 is 35.0 Å². The van der Waals surface area contributed by atoms with Crippen molar-refractivity contribution in [1.29, 1.82) is 0 Å². The Balaban J connectivity index is 1.46. The standard InChI is InChI=1S/C23H25N5O4S/c1-14-9-10-18(31-4)16(11-14)24-20(29)13-33-23-26-25-22(27(23)3)15(2)28-17-7-5-6-8-19(17)32-12-21(28)30/h5-11,15H,12-13H2,1-4H3,(H,24,29). The van der Waals surface area contributed by atoms with Crippen molar-refractivity contribution in [3.05, 3.63) is 53.9 Å². The highest BCUT2D eigenvalue weighted by Crippen LogP contribution is 2.37. The Labute approximate surface area is 196 Å². The highest BCUT2D eigenvalue weighted by molar-refractivity contribution is 7.99. The van der Waals surface area contributed by atoms with Crippen molar-refractivity contribution in [2.75, 3.05) is 29.7 Å². The van der Waals surface area contributed by atoms with E-state index in [9.17, 15) is 9.59 Å². The molecule has 0 saturated carbocycles. The van der Waals surface area contributed by atoms with Gasteiger partial charge in [0, 0.05) is 7.05 Å². The largest absolute Gasteiger partial charge is 0.495 e. The fourth-order valence-electron chi connectivity index (χ4n) is 3.71. The minimum atomic E-state index is -0.361.